The van der Waals surface area contributed by atoms with Gasteiger partial charge in [-0.1, -0.05) is 29.5 Å². The first kappa shape index (κ1) is 29.8. The normalized spacial score (nSPS) is 15.0. The number of fused-ring (bicyclic) bond motifs is 1. The van der Waals surface area contributed by atoms with E-state index in [9.17, 15) is 19.5 Å². The number of aromatic carboxylic acids is 1. The van der Waals surface area contributed by atoms with Crippen molar-refractivity contribution in [1.29, 1.82) is 0 Å². The number of carbonyl (C=O) groups excluding carboxylic acids is 1. The number of nitrogens with zero attached hydrogens (tertiary/aromatic N) is 3. The second-order valence-corrected chi connectivity index (χ2v) is 11.6. The number of hydrogen-bond acceptors (Lipinski definition) is 7. The van der Waals surface area contributed by atoms with E-state index in [1.807, 2.05) is 67.8 Å². The van der Waals surface area contributed by atoms with Gasteiger partial charge in [-0.15, -0.1) is 0 Å². The summed E-state index contributed by atoms with van der Waals surface area (Å²) in [6.07, 6.45) is 1.48. The Kier molecular flexibility index (Phi) is 8.23. The van der Waals surface area contributed by atoms with E-state index < -0.39 is 18.0 Å². The molecule has 0 aliphatic carbocycles. The van der Waals surface area contributed by atoms with Gasteiger partial charge >= 0.3 is 11.9 Å². The van der Waals surface area contributed by atoms with Gasteiger partial charge in [0, 0.05) is 17.1 Å². The van der Waals surface area contributed by atoms with Crippen LogP contribution in [-0.2, 0) is 9.53 Å². The minimum Gasteiger partial charge on any atom is -0.494 e. The molecule has 2 aromatic heterocycles. The standard InChI is InChI=1S/C33H33N3O6S/c1-7-41-26-13-11-22(12-14-26)29-28(32(40)42-18(2)3)20(5)34-33-36(29)30(37)27(43-33)17-24-15-19(4)35(21(24)6)25-10-8-9-23(16-25)31(38)39/h8-18,29H,7H2,1-6H3,(H,38,39)/b27-17+/t29-/m0/s1. The third kappa shape index (κ3) is 5.70. The Morgan fingerprint density at radius 3 is 2.47 bits per heavy atom. The van der Waals surface area contributed by atoms with Gasteiger partial charge in [0.2, 0.25) is 0 Å². The molecular weight excluding hydrogens is 566 g/mol. The van der Waals surface area contributed by atoms with E-state index >= 15 is 0 Å². The zero-order valence-corrected chi connectivity index (χ0v) is 25.7. The van der Waals surface area contributed by atoms with Gasteiger partial charge in [-0.25, -0.2) is 14.6 Å². The second-order valence-electron chi connectivity index (χ2n) is 10.6. The van der Waals surface area contributed by atoms with Crippen molar-refractivity contribution in [3.05, 3.63) is 114 Å². The summed E-state index contributed by atoms with van der Waals surface area (Å²) in [5, 5.41) is 9.46. The Morgan fingerprint density at radius 1 is 1.09 bits per heavy atom. The molecule has 5 rings (SSSR count). The molecule has 9 nitrogen and oxygen atoms in total. The largest absolute Gasteiger partial charge is 0.494 e. The van der Waals surface area contributed by atoms with Crippen LogP contribution in [0.4, 0.5) is 0 Å². The predicted molar refractivity (Wildman–Crippen MR) is 165 cm³/mol. The Labute approximate surface area is 252 Å². The molecule has 4 aromatic rings. The van der Waals surface area contributed by atoms with Crippen molar-refractivity contribution in [2.45, 2.75) is 53.7 Å². The van der Waals surface area contributed by atoms with Gasteiger partial charge in [0.15, 0.2) is 4.80 Å². The fraction of sp³-hybridized carbons (Fsp3) is 0.273. The zero-order valence-electron chi connectivity index (χ0n) is 24.9. The van der Waals surface area contributed by atoms with E-state index in [1.165, 1.54) is 11.3 Å². The molecule has 0 fully saturated rings. The molecule has 0 saturated heterocycles. The average Bonchev–Trinajstić information content (AvgIpc) is 3.41. The molecule has 0 unspecified atom stereocenters. The molecule has 10 heteroatoms. The first-order chi connectivity index (χ1) is 20.5. The van der Waals surface area contributed by atoms with E-state index in [4.69, 9.17) is 9.47 Å². The lowest BCUT2D eigenvalue weighted by Gasteiger charge is -2.25. The van der Waals surface area contributed by atoms with Crippen LogP contribution < -0.4 is 19.6 Å². The van der Waals surface area contributed by atoms with Crippen LogP contribution in [0, 0.1) is 13.8 Å². The molecule has 222 valence electrons. The molecular formula is C33H33N3O6S. The molecule has 1 atom stereocenters. The average molecular weight is 600 g/mol. The number of allylic oxidation sites excluding steroid dienone is 1. The van der Waals surface area contributed by atoms with E-state index in [-0.39, 0.29) is 17.2 Å². The number of hydrogen-bond donors (Lipinski definition) is 1. The van der Waals surface area contributed by atoms with Crippen LogP contribution in [0.25, 0.3) is 11.8 Å². The highest BCUT2D eigenvalue weighted by atomic mass is 32.1. The van der Waals surface area contributed by atoms with Crippen molar-refractivity contribution in [1.82, 2.24) is 9.13 Å². The van der Waals surface area contributed by atoms with Crippen molar-refractivity contribution < 1.29 is 24.2 Å². The Bertz CT molecular complexity index is 1940. The van der Waals surface area contributed by atoms with E-state index in [2.05, 4.69) is 4.99 Å². The molecule has 3 heterocycles. The fourth-order valence-electron chi connectivity index (χ4n) is 5.34. The summed E-state index contributed by atoms with van der Waals surface area (Å²) < 4.78 is 15.2. The summed E-state index contributed by atoms with van der Waals surface area (Å²) in [7, 11) is 0. The first-order valence-corrected chi connectivity index (χ1v) is 14.8. The molecule has 0 saturated carbocycles. The third-order valence-corrected chi connectivity index (χ3v) is 8.18. The van der Waals surface area contributed by atoms with Crippen molar-refractivity contribution in [3.63, 3.8) is 0 Å². The topological polar surface area (TPSA) is 112 Å². The first-order valence-electron chi connectivity index (χ1n) is 14.0. The summed E-state index contributed by atoms with van der Waals surface area (Å²) in [4.78, 5) is 44.1. The van der Waals surface area contributed by atoms with E-state index in [0.29, 0.717) is 33.0 Å². The maximum atomic E-state index is 14.1. The number of ether oxygens (including phenoxy) is 2. The molecule has 43 heavy (non-hydrogen) atoms. The lowest BCUT2D eigenvalue weighted by atomic mass is 9.96. The molecule has 0 amide bonds. The maximum Gasteiger partial charge on any atom is 0.338 e. The van der Waals surface area contributed by atoms with Crippen LogP contribution in [0.5, 0.6) is 5.75 Å². The van der Waals surface area contributed by atoms with Gasteiger partial charge in [-0.3, -0.25) is 9.36 Å². The highest BCUT2D eigenvalue weighted by Gasteiger charge is 2.34. The van der Waals surface area contributed by atoms with Crippen molar-refractivity contribution in [2.75, 3.05) is 6.61 Å². The zero-order chi connectivity index (χ0) is 31.0. The van der Waals surface area contributed by atoms with Gasteiger partial charge in [0.1, 0.15) is 5.75 Å². The van der Waals surface area contributed by atoms with Crippen LogP contribution in [0.1, 0.15) is 66.6 Å². The maximum absolute atomic E-state index is 14.1. The number of thiazole rings is 1. The smallest absolute Gasteiger partial charge is 0.338 e. The molecule has 2 aromatic carbocycles. The number of carboxylic acid groups (broad SMARTS) is 1. The van der Waals surface area contributed by atoms with Crippen LogP contribution in [0.15, 0.2) is 75.7 Å². The number of aromatic nitrogens is 2. The number of carboxylic acids is 1. The lowest BCUT2D eigenvalue weighted by Crippen LogP contribution is -2.40. The summed E-state index contributed by atoms with van der Waals surface area (Å²) >= 11 is 1.25. The summed E-state index contributed by atoms with van der Waals surface area (Å²) in [6, 6.07) is 15.3. The fourth-order valence-corrected chi connectivity index (χ4v) is 6.38. The number of aryl methyl sites for hydroxylation is 1. The van der Waals surface area contributed by atoms with Crippen molar-refractivity contribution in [3.8, 4) is 11.4 Å². The third-order valence-electron chi connectivity index (χ3n) is 7.20. The summed E-state index contributed by atoms with van der Waals surface area (Å²) in [5.74, 6) is -0.828. The van der Waals surface area contributed by atoms with Gasteiger partial charge in [0.05, 0.1) is 40.1 Å². The minimum absolute atomic E-state index is 0.191. The predicted octanol–water partition coefficient (Wildman–Crippen LogP) is 4.69. The molecule has 0 bridgehead atoms. The second kappa shape index (κ2) is 11.9. The number of rotatable bonds is 8. The van der Waals surface area contributed by atoms with Gasteiger partial charge in [0.25, 0.3) is 5.56 Å². The number of benzene rings is 2. The Balaban J connectivity index is 1.66. The van der Waals surface area contributed by atoms with Gasteiger partial charge < -0.3 is 19.1 Å². The van der Waals surface area contributed by atoms with Crippen LogP contribution in [-0.4, -0.2) is 38.9 Å². The molecule has 1 aliphatic heterocycles. The Hall–Kier alpha value is -4.70. The van der Waals surface area contributed by atoms with E-state index in [0.717, 1.165) is 28.2 Å². The number of carbonyl (C=O) groups is 2. The quantitative estimate of drug-likeness (QED) is 0.294. The van der Waals surface area contributed by atoms with Crippen LogP contribution >= 0.6 is 11.3 Å². The minimum atomic E-state index is -1.00. The van der Waals surface area contributed by atoms with Crippen LogP contribution in [0.2, 0.25) is 0 Å². The van der Waals surface area contributed by atoms with Crippen molar-refractivity contribution in [2.24, 2.45) is 4.99 Å². The monoisotopic (exact) mass is 599 g/mol. The van der Waals surface area contributed by atoms with Gasteiger partial charge in [-0.2, -0.15) is 0 Å². The Morgan fingerprint density at radius 2 is 1.81 bits per heavy atom. The molecule has 1 aliphatic rings. The van der Waals surface area contributed by atoms with Crippen LogP contribution in [0.3, 0.4) is 0 Å². The molecule has 1 N–H and O–H groups in total. The number of esters is 1. The molecule has 0 radical (unpaired) electrons. The summed E-state index contributed by atoms with van der Waals surface area (Å²) in [6.45, 7) is 11.6. The highest BCUT2D eigenvalue weighted by molar-refractivity contribution is 7.07. The highest BCUT2D eigenvalue weighted by Crippen LogP contribution is 2.32. The molecule has 0 spiro atoms. The van der Waals surface area contributed by atoms with E-state index in [1.54, 1.807) is 43.5 Å². The van der Waals surface area contributed by atoms with Gasteiger partial charge in [-0.05, 0) is 95.1 Å². The SMILES string of the molecule is CCOc1ccc([C@H]2C(C(=O)OC(C)C)=C(C)N=c3s/c(=C/c4cc(C)n(-c5cccc(C(=O)O)c5)c4C)c(=O)n32)cc1. The lowest BCUT2D eigenvalue weighted by molar-refractivity contribution is -0.143. The summed E-state index contributed by atoms with van der Waals surface area (Å²) in [5.41, 5.74) is 4.73. The van der Waals surface area contributed by atoms with Crippen molar-refractivity contribution >= 4 is 29.4 Å².